The second-order valence-corrected chi connectivity index (χ2v) is 6.15. The maximum Gasteiger partial charge on any atom is 0.127 e. The number of allylic oxidation sites excluding steroid dienone is 3. The summed E-state index contributed by atoms with van der Waals surface area (Å²) in [7, 11) is 0. The fourth-order valence-corrected chi connectivity index (χ4v) is 3.24. The average molecular weight is 323 g/mol. The summed E-state index contributed by atoms with van der Waals surface area (Å²) in [5.74, 6) is 1.02. The topological polar surface area (TPSA) is 45.7 Å². The van der Waals surface area contributed by atoms with E-state index in [9.17, 15) is 0 Å². The van der Waals surface area contributed by atoms with Crippen molar-refractivity contribution < 1.29 is 4.74 Å². The van der Waals surface area contributed by atoms with E-state index < -0.39 is 0 Å². The molecule has 1 saturated heterocycles. The number of benzene rings is 1. The lowest BCUT2D eigenvalue weighted by Gasteiger charge is -2.43. The molecule has 1 spiro atoms. The Morgan fingerprint density at radius 3 is 2.67 bits per heavy atom. The van der Waals surface area contributed by atoms with Crippen molar-refractivity contribution in [2.45, 2.75) is 24.8 Å². The first-order valence-corrected chi connectivity index (χ1v) is 8.48. The van der Waals surface area contributed by atoms with Gasteiger partial charge in [-0.05, 0) is 24.1 Å². The highest BCUT2D eigenvalue weighted by molar-refractivity contribution is 6.09. The van der Waals surface area contributed by atoms with Crippen LogP contribution in [0.5, 0.6) is 0 Å². The lowest BCUT2D eigenvalue weighted by molar-refractivity contribution is 0.0778. The zero-order valence-electron chi connectivity index (χ0n) is 14.1. The molecule has 0 radical (unpaired) electrons. The van der Waals surface area contributed by atoms with Gasteiger partial charge in [-0.1, -0.05) is 43.5 Å². The minimum Gasteiger partial charge on any atom is -0.381 e. The summed E-state index contributed by atoms with van der Waals surface area (Å²) in [4.78, 5) is 4.89. The normalized spacial score (nSPS) is 20.8. The van der Waals surface area contributed by atoms with Gasteiger partial charge in [0, 0.05) is 32.6 Å². The number of aliphatic imine (C=N–C) groups is 1. The molecule has 1 aromatic carbocycles. The van der Waals surface area contributed by atoms with Crippen LogP contribution in [-0.4, -0.2) is 31.1 Å². The molecule has 0 amide bonds. The lowest BCUT2D eigenvalue weighted by Crippen LogP contribution is -2.55. The highest BCUT2D eigenvalue weighted by Crippen LogP contribution is 2.36. The molecule has 4 nitrogen and oxygen atoms in total. The molecular formula is C20H25N3O. The molecule has 0 bridgehead atoms. The van der Waals surface area contributed by atoms with Crippen LogP contribution in [0.15, 0.2) is 66.2 Å². The molecule has 2 aliphatic heterocycles. The van der Waals surface area contributed by atoms with E-state index in [1.165, 1.54) is 0 Å². The first kappa shape index (κ1) is 16.5. The van der Waals surface area contributed by atoms with Crippen LogP contribution in [0.4, 0.5) is 11.4 Å². The van der Waals surface area contributed by atoms with E-state index in [0.717, 1.165) is 61.8 Å². The zero-order valence-corrected chi connectivity index (χ0v) is 14.1. The third kappa shape index (κ3) is 3.44. The number of amidine groups is 1. The van der Waals surface area contributed by atoms with E-state index in [1.54, 1.807) is 6.08 Å². The molecule has 24 heavy (non-hydrogen) atoms. The number of hydrogen-bond acceptors (Lipinski definition) is 3. The van der Waals surface area contributed by atoms with E-state index in [1.807, 2.05) is 18.2 Å². The van der Waals surface area contributed by atoms with Gasteiger partial charge >= 0.3 is 0 Å². The standard InChI is InChI=1S/C20H25N3O/c1-3-7-16(4-2)10-13-21-19-20(11-14-24-15-12-20)23-18-9-6-5-8-17(18)22-19/h3-9,23H,1-2,10-15H2,(H,21,22)/b16-7+. The lowest BCUT2D eigenvalue weighted by atomic mass is 9.86. The minimum atomic E-state index is -0.150. The molecule has 4 heteroatoms. The molecule has 0 aromatic heterocycles. The van der Waals surface area contributed by atoms with Crippen LogP contribution >= 0.6 is 0 Å². The monoisotopic (exact) mass is 323 g/mol. The molecule has 0 atom stereocenters. The molecule has 126 valence electrons. The Morgan fingerprint density at radius 1 is 1.21 bits per heavy atom. The van der Waals surface area contributed by atoms with Crippen molar-refractivity contribution in [3.05, 3.63) is 61.2 Å². The predicted octanol–water partition coefficient (Wildman–Crippen LogP) is 4.16. The van der Waals surface area contributed by atoms with Crippen LogP contribution in [0.1, 0.15) is 19.3 Å². The van der Waals surface area contributed by atoms with Crippen molar-refractivity contribution in [1.82, 2.24) is 0 Å². The van der Waals surface area contributed by atoms with E-state index in [0.29, 0.717) is 0 Å². The van der Waals surface area contributed by atoms with Gasteiger partial charge in [0.25, 0.3) is 0 Å². The SMILES string of the molecule is C=C/C=C(\C=C)CCN=C1Nc2ccccc2NC12CCOCC2. The Labute approximate surface area is 144 Å². The fraction of sp³-hybridized carbons (Fsp3) is 0.350. The van der Waals surface area contributed by atoms with Gasteiger partial charge in [-0.2, -0.15) is 0 Å². The molecule has 2 aliphatic rings. The van der Waals surface area contributed by atoms with Gasteiger partial charge < -0.3 is 15.4 Å². The number of fused-ring (bicyclic) bond motifs is 1. The van der Waals surface area contributed by atoms with E-state index >= 15 is 0 Å². The predicted molar refractivity (Wildman–Crippen MR) is 102 cm³/mol. The van der Waals surface area contributed by atoms with Crippen molar-refractivity contribution in [1.29, 1.82) is 0 Å². The molecule has 1 aromatic rings. The molecule has 2 N–H and O–H groups in total. The van der Waals surface area contributed by atoms with E-state index in [-0.39, 0.29) is 5.54 Å². The number of anilines is 2. The fourth-order valence-electron chi connectivity index (χ4n) is 3.24. The maximum atomic E-state index is 5.57. The summed E-state index contributed by atoms with van der Waals surface area (Å²) < 4.78 is 5.57. The second kappa shape index (κ2) is 7.49. The summed E-state index contributed by atoms with van der Waals surface area (Å²) in [6, 6.07) is 8.28. The largest absolute Gasteiger partial charge is 0.381 e. The third-order valence-electron chi connectivity index (χ3n) is 4.62. The summed E-state index contributed by atoms with van der Waals surface area (Å²) in [5.41, 5.74) is 3.22. The molecule has 0 aliphatic carbocycles. The summed E-state index contributed by atoms with van der Waals surface area (Å²) >= 11 is 0. The number of para-hydroxylation sites is 2. The number of nitrogens with one attached hydrogen (secondary N) is 2. The Kier molecular flexibility index (Phi) is 5.16. The highest BCUT2D eigenvalue weighted by Gasteiger charge is 2.41. The van der Waals surface area contributed by atoms with Gasteiger partial charge in [-0.25, -0.2) is 0 Å². The van der Waals surface area contributed by atoms with Crippen LogP contribution in [-0.2, 0) is 4.74 Å². The molecule has 2 heterocycles. The van der Waals surface area contributed by atoms with Crippen LogP contribution in [0.3, 0.4) is 0 Å². The number of hydrogen-bond donors (Lipinski definition) is 2. The van der Waals surface area contributed by atoms with Crippen molar-refractivity contribution in [3.63, 3.8) is 0 Å². The Hall–Kier alpha value is -2.33. The van der Waals surface area contributed by atoms with E-state index in [4.69, 9.17) is 9.73 Å². The summed E-state index contributed by atoms with van der Waals surface area (Å²) in [6.45, 7) is 9.82. The minimum absolute atomic E-state index is 0.150. The number of ether oxygens (including phenoxy) is 1. The van der Waals surface area contributed by atoms with Gasteiger partial charge in [-0.15, -0.1) is 0 Å². The second-order valence-electron chi connectivity index (χ2n) is 6.15. The molecule has 0 saturated carbocycles. The molecule has 0 unspecified atom stereocenters. The Morgan fingerprint density at radius 2 is 1.96 bits per heavy atom. The van der Waals surface area contributed by atoms with Crippen molar-refractivity contribution >= 4 is 17.2 Å². The zero-order chi connectivity index (χ0) is 16.8. The van der Waals surface area contributed by atoms with Crippen LogP contribution in [0.25, 0.3) is 0 Å². The van der Waals surface area contributed by atoms with Gasteiger partial charge in [0.1, 0.15) is 5.84 Å². The third-order valence-corrected chi connectivity index (χ3v) is 4.62. The average Bonchev–Trinajstić information content (AvgIpc) is 2.62. The Balaban J connectivity index is 1.83. The van der Waals surface area contributed by atoms with Crippen LogP contribution in [0, 0.1) is 0 Å². The van der Waals surface area contributed by atoms with Gasteiger partial charge in [0.2, 0.25) is 0 Å². The van der Waals surface area contributed by atoms with Crippen molar-refractivity contribution in [2.75, 3.05) is 30.4 Å². The number of rotatable bonds is 5. The number of nitrogens with zero attached hydrogens (tertiary/aromatic N) is 1. The highest BCUT2D eigenvalue weighted by atomic mass is 16.5. The first-order valence-electron chi connectivity index (χ1n) is 8.48. The van der Waals surface area contributed by atoms with Crippen molar-refractivity contribution in [2.24, 2.45) is 4.99 Å². The Bertz CT molecular complexity index is 669. The molecular weight excluding hydrogens is 298 g/mol. The quantitative estimate of drug-likeness (QED) is 0.800. The van der Waals surface area contributed by atoms with Crippen LogP contribution < -0.4 is 10.6 Å². The summed E-state index contributed by atoms with van der Waals surface area (Å²) in [5, 5.41) is 7.26. The maximum absolute atomic E-state index is 5.57. The first-order chi connectivity index (χ1) is 11.8. The van der Waals surface area contributed by atoms with Crippen molar-refractivity contribution in [3.8, 4) is 0 Å². The van der Waals surface area contributed by atoms with Gasteiger partial charge in [0.15, 0.2) is 0 Å². The summed E-state index contributed by atoms with van der Waals surface area (Å²) in [6.07, 6.45) is 8.34. The van der Waals surface area contributed by atoms with E-state index in [2.05, 4.69) is 42.0 Å². The van der Waals surface area contributed by atoms with Gasteiger partial charge in [-0.3, -0.25) is 4.99 Å². The van der Waals surface area contributed by atoms with Crippen LogP contribution in [0.2, 0.25) is 0 Å². The molecule has 3 rings (SSSR count). The van der Waals surface area contributed by atoms with Gasteiger partial charge in [0.05, 0.1) is 16.9 Å². The smallest absolute Gasteiger partial charge is 0.127 e. The molecule has 1 fully saturated rings.